The van der Waals surface area contributed by atoms with Gasteiger partial charge in [-0.2, -0.15) is 0 Å². The van der Waals surface area contributed by atoms with Crippen LogP contribution in [0.5, 0.6) is 0 Å². The van der Waals surface area contributed by atoms with E-state index in [2.05, 4.69) is 27.1 Å². The standard InChI is InChI=1S/C23H24FN5O2S/c1-28-10-12-29(13-11-28)14-15-2-4-16(5-3-15)21(31)27-23-19(20(25)30)26-22(32-23)17-6-8-18(24)9-7-17/h2-9H,10-14H2,1H3,(H2,25,30)(H,27,31). The Labute approximate surface area is 189 Å². The smallest absolute Gasteiger partial charge is 0.270 e. The Balaban J connectivity index is 1.46. The van der Waals surface area contributed by atoms with E-state index in [1.165, 1.54) is 12.1 Å². The molecule has 2 aromatic carbocycles. The van der Waals surface area contributed by atoms with Crippen molar-refractivity contribution in [2.75, 3.05) is 38.5 Å². The highest BCUT2D eigenvalue weighted by Gasteiger charge is 2.20. The van der Waals surface area contributed by atoms with E-state index in [0.717, 1.165) is 49.6 Å². The molecule has 32 heavy (non-hydrogen) atoms. The van der Waals surface area contributed by atoms with Gasteiger partial charge < -0.3 is 16.0 Å². The fourth-order valence-corrected chi connectivity index (χ4v) is 4.46. The first-order valence-electron chi connectivity index (χ1n) is 10.3. The van der Waals surface area contributed by atoms with Crippen molar-refractivity contribution in [1.82, 2.24) is 14.8 Å². The number of hydrogen-bond donors (Lipinski definition) is 2. The van der Waals surface area contributed by atoms with Gasteiger partial charge in [0, 0.05) is 43.9 Å². The van der Waals surface area contributed by atoms with Crippen LogP contribution in [0.15, 0.2) is 48.5 Å². The molecule has 1 aliphatic heterocycles. The fourth-order valence-electron chi connectivity index (χ4n) is 3.49. The number of benzene rings is 2. The fraction of sp³-hybridized carbons (Fsp3) is 0.261. The maximum absolute atomic E-state index is 13.2. The predicted octanol–water partition coefficient (Wildman–Crippen LogP) is 3.05. The Morgan fingerprint density at radius 3 is 2.34 bits per heavy atom. The number of nitrogens with two attached hydrogens (primary N) is 1. The minimum Gasteiger partial charge on any atom is -0.364 e. The van der Waals surface area contributed by atoms with E-state index >= 15 is 0 Å². The van der Waals surface area contributed by atoms with Gasteiger partial charge in [-0.1, -0.05) is 23.5 Å². The van der Waals surface area contributed by atoms with Gasteiger partial charge in [0.1, 0.15) is 15.8 Å². The number of hydrogen-bond acceptors (Lipinski definition) is 6. The summed E-state index contributed by atoms with van der Waals surface area (Å²) in [6.07, 6.45) is 0. The first-order valence-corrected chi connectivity index (χ1v) is 11.1. The van der Waals surface area contributed by atoms with Gasteiger partial charge in [-0.3, -0.25) is 14.5 Å². The number of anilines is 1. The molecule has 3 N–H and O–H groups in total. The number of likely N-dealkylation sites (N-methyl/N-ethyl adjacent to an activating group) is 1. The molecule has 1 aromatic heterocycles. The molecule has 2 amide bonds. The van der Waals surface area contributed by atoms with Gasteiger partial charge in [-0.25, -0.2) is 9.37 Å². The lowest BCUT2D eigenvalue weighted by Crippen LogP contribution is -2.43. The second-order valence-electron chi connectivity index (χ2n) is 7.80. The van der Waals surface area contributed by atoms with Gasteiger partial charge in [-0.15, -0.1) is 0 Å². The first-order chi connectivity index (χ1) is 15.4. The summed E-state index contributed by atoms with van der Waals surface area (Å²) in [5, 5.41) is 3.48. The second-order valence-corrected chi connectivity index (χ2v) is 8.80. The minimum atomic E-state index is -0.743. The molecule has 2 heterocycles. The molecule has 9 heteroatoms. The van der Waals surface area contributed by atoms with Crippen molar-refractivity contribution in [3.05, 3.63) is 71.2 Å². The maximum Gasteiger partial charge on any atom is 0.270 e. The van der Waals surface area contributed by atoms with Gasteiger partial charge in [0.15, 0.2) is 5.69 Å². The highest BCUT2D eigenvalue weighted by molar-refractivity contribution is 7.19. The van der Waals surface area contributed by atoms with Crippen LogP contribution in [0, 0.1) is 5.82 Å². The van der Waals surface area contributed by atoms with Gasteiger partial charge in [0.05, 0.1) is 0 Å². The summed E-state index contributed by atoms with van der Waals surface area (Å²) in [6.45, 7) is 5.00. The Kier molecular flexibility index (Phi) is 6.59. The number of piperazine rings is 1. The SMILES string of the molecule is CN1CCN(Cc2ccc(C(=O)Nc3sc(-c4ccc(F)cc4)nc3C(N)=O)cc2)CC1. The number of nitrogens with zero attached hydrogens (tertiary/aromatic N) is 3. The lowest BCUT2D eigenvalue weighted by Gasteiger charge is -2.32. The van der Waals surface area contributed by atoms with Gasteiger partial charge in [0.2, 0.25) is 0 Å². The van der Waals surface area contributed by atoms with Crippen molar-refractivity contribution < 1.29 is 14.0 Å². The number of halogens is 1. The van der Waals surface area contributed by atoms with Gasteiger partial charge in [0.25, 0.3) is 11.8 Å². The molecule has 0 saturated carbocycles. The molecule has 1 aliphatic rings. The molecule has 0 spiro atoms. The van der Waals surface area contributed by atoms with E-state index in [1.54, 1.807) is 24.3 Å². The zero-order valence-corrected chi connectivity index (χ0v) is 18.5. The Morgan fingerprint density at radius 1 is 1.06 bits per heavy atom. The molecule has 166 valence electrons. The van der Waals surface area contributed by atoms with Crippen molar-refractivity contribution in [3.8, 4) is 10.6 Å². The van der Waals surface area contributed by atoms with Crippen LogP contribution < -0.4 is 11.1 Å². The monoisotopic (exact) mass is 453 g/mol. The normalized spacial score (nSPS) is 14.9. The van der Waals surface area contributed by atoms with Crippen molar-refractivity contribution in [1.29, 1.82) is 0 Å². The molecule has 1 saturated heterocycles. The van der Waals surface area contributed by atoms with Crippen LogP contribution >= 0.6 is 11.3 Å². The number of rotatable bonds is 6. The summed E-state index contributed by atoms with van der Waals surface area (Å²) < 4.78 is 13.2. The van der Waals surface area contributed by atoms with E-state index in [-0.39, 0.29) is 22.4 Å². The Bertz CT molecular complexity index is 1110. The van der Waals surface area contributed by atoms with E-state index in [0.29, 0.717) is 16.1 Å². The van der Waals surface area contributed by atoms with Gasteiger partial charge in [-0.05, 0) is 49.0 Å². The summed E-state index contributed by atoms with van der Waals surface area (Å²) >= 11 is 1.12. The number of primary amides is 1. The summed E-state index contributed by atoms with van der Waals surface area (Å²) in [4.78, 5) is 33.5. The van der Waals surface area contributed by atoms with E-state index in [1.807, 2.05) is 12.1 Å². The average Bonchev–Trinajstić information content (AvgIpc) is 3.20. The lowest BCUT2D eigenvalue weighted by atomic mass is 10.1. The Morgan fingerprint density at radius 2 is 1.72 bits per heavy atom. The number of nitrogens with one attached hydrogen (secondary N) is 1. The number of aromatic nitrogens is 1. The molecule has 7 nitrogen and oxygen atoms in total. The van der Waals surface area contributed by atoms with Crippen LogP contribution in [0.2, 0.25) is 0 Å². The van der Waals surface area contributed by atoms with Gasteiger partial charge >= 0.3 is 0 Å². The van der Waals surface area contributed by atoms with E-state index in [4.69, 9.17) is 5.73 Å². The third-order valence-corrected chi connectivity index (χ3v) is 6.42. The molecule has 4 rings (SSSR count). The minimum absolute atomic E-state index is 0.0191. The van der Waals surface area contributed by atoms with Crippen molar-refractivity contribution in [2.45, 2.75) is 6.54 Å². The topological polar surface area (TPSA) is 91.6 Å². The summed E-state index contributed by atoms with van der Waals surface area (Å²) in [5.41, 5.74) is 7.67. The summed E-state index contributed by atoms with van der Waals surface area (Å²) in [6, 6.07) is 13.2. The summed E-state index contributed by atoms with van der Waals surface area (Å²) in [5.74, 6) is -1.47. The van der Waals surface area contributed by atoms with Crippen LogP contribution in [0.1, 0.15) is 26.4 Å². The third kappa shape index (κ3) is 5.18. The van der Waals surface area contributed by atoms with E-state index < -0.39 is 5.91 Å². The molecule has 0 aliphatic carbocycles. The first kappa shape index (κ1) is 22.1. The zero-order valence-electron chi connectivity index (χ0n) is 17.7. The average molecular weight is 454 g/mol. The Hall–Kier alpha value is -3.14. The van der Waals surface area contributed by atoms with Crippen LogP contribution in [-0.4, -0.2) is 59.8 Å². The molecular formula is C23H24FN5O2S. The quantitative estimate of drug-likeness (QED) is 0.599. The van der Waals surface area contributed by atoms with Crippen LogP contribution in [-0.2, 0) is 6.54 Å². The largest absolute Gasteiger partial charge is 0.364 e. The molecule has 0 atom stereocenters. The predicted molar refractivity (Wildman–Crippen MR) is 123 cm³/mol. The lowest BCUT2D eigenvalue weighted by molar-refractivity contribution is 0.0997. The highest BCUT2D eigenvalue weighted by atomic mass is 32.1. The molecule has 0 bridgehead atoms. The molecular weight excluding hydrogens is 429 g/mol. The zero-order chi connectivity index (χ0) is 22.7. The van der Waals surface area contributed by atoms with Crippen molar-refractivity contribution in [2.24, 2.45) is 5.73 Å². The number of carbonyl (C=O) groups excluding carboxylic acids is 2. The second kappa shape index (κ2) is 9.56. The van der Waals surface area contributed by atoms with Crippen LogP contribution in [0.3, 0.4) is 0 Å². The van der Waals surface area contributed by atoms with Crippen LogP contribution in [0.4, 0.5) is 9.39 Å². The van der Waals surface area contributed by atoms with E-state index in [9.17, 15) is 14.0 Å². The molecule has 0 unspecified atom stereocenters. The molecule has 0 radical (unpaired) electrons. The highest BCUT2D eigenvalue weighted by Crippen LogP contribution is 2.32. The molecule has 1 fully saturated rings. The maximum atomic E-state index is 13.2. The molecule has 3 aromatic rings. The number of thiazole rings is 1. The number of amides is 2. The van der Waals surface area contributed by atoms with Crippen LogP contribution in [0.25, 0.3) is 10.6 Å². The summed E-state index contributed by atoms with van der Waals surface area (Å²) in [7, 11) is 2.13. The third-order valence-electron chi connectivity index (χ3n) is 5.40. The van der Waals surface area contributed by atoms with Crippen molar-refractivity contribution >= 4 is 28.2 Å². The van der Waals surface area contributed by atoms with Crippen molar-refractivity contribution in [3.63, 3.8) is 0 Å². The number of carbonyl (C=O) groups is 2.